The monoisotopic (exact) mass is 420 g/mol. The van der Waals surface area contributed by atoms with Crippen molar-refractivity contribution in [2.24, 2.45) is 4.99 Å². The Morgan fingerprint density at radius 2 is 1.72 bits per heavy atom. The smallest absolute Gasteiger partial charge is 0.215 e. The summed E-state index contributed by atoms with van der Waals surface area (Å²) in [6.07, 6.45) is 0. The molecular formula is C21H29FN4O2S. The standard InChI is InChI=1S/C21H29FN4O2S/c1-21(2,18-6-5-7-19(22)12-18)15-26-20(23-3)25-13-16-8-10-17(11-9-16)14-29(27,28)24-4/h5-12,24H,13-15H2,1-4H3,(H2,23,25,26). The van der Waals surface area contributed by atoms with E-state index in [1.165, 1.54) is 13.1 Å². The van der Waals surface area contributed by atoms with Crippen LogP contribution in [0.5, 0.6) is 0 Å². The third-order valence-corrected chi connectivity index (χ3v) is 6.01. The Hall–Kier alpha value is -2.45. The minimum atomic E-state index is -3.28. The summed E-state index contributed by atoms with van der Waals surface area (Å²) >= 11 is 0. The molecule has 0 aliphatic heterocycles. The van der Waals surface area contributed by atoms with E-state index < -0.39 is 10.0 Å². The van der Waals surface area contributed by atoms with Crippen molar-refractivity contribution >= 4 is 16.0 Å². The van der Waals surface area contributed by atoms with E-state index in [1.807, 2.05) is 32.0 Å². The van der Waals surface area contributed by atoms with E-state index in [0.29, 0.717) is 19.0 Å². The van der Waals surface area contributed by atoms with Crippen LogP contribution in [0.15, 0.2) is 53.5 Å². The van der Waals surface area contributed by atoms with Crippen LogP contribution in [0.1, 0.15) is 30.5 Å². The van der Waals surface area contributed by atoms with Gasteiger partial charge in [0.05, 0.1) is 5.75 Å². The van der Waals surface area contributed by atoms with Crippen LogP contribution < -0.4 is 15.4 Å². The first-order chi connectivity index (χ1) is 13.6. The lowest BCUT2D eigenvalue weighted by molar-refractivity contribution is 0.503. The van der Waals surface area contributed by atoms with Gasteiger partial charge >= 0.3 is 0 Å². The number of benzene rings is 2. The number of hydrogen-bond acceptors (Lipinski definition) is 3. The Kier molecular flexibility index (Phi) is 7.75. The summed E-state index contributed by atoms with van der Waals surface area (Å²) in [5.74, 6) is 0.343. The Labute approximate surface area is 172 Å². The average Bonchev–Trinajstić information content (AvgIpc) is 2.69. The van der Waals surface area contributed by atoms with Gasteiger partial charge in [-0.2, -0.15) is 0 Å². The molecule has 2 rings (SSSR count). The van der Waals surface area contributed by atoms with Gasteiger partial charge in [-0.1, -0.05) is 50.2 Å². The lowest BCUT2D eigenvalue weighted by atomic mass is 9.84. The molecule has 0 aliphatic carbocycles. The minimum Gasteiger partial charge on any atom is -0.356 e. The van der Waals surface area contributed by atoms with Gasteiger partial charge in [0, 0.05) is 25.6 Å². The third-order valence-electron chi connectivity index (χ3n) is 4.68. The van der Waals surface area contributed by atoms with Crippen molar-refractivity contribution in [1.29, 1.82) is 0 Å². The third kappa shape index (κ3) is 7.14. The molecule has 2 aromatic carbocycles. The van der Waals surface area contributed by atoms with Crippen LogP contribution in [0.4, 0.5) is 4.39 Å². The molecule has 0 saturated heterocycles. The molecule has 158 valence electrons. The van der Waals surface area contributed by atoms with E-state index in [1.54, 1.807) is 31.3 Å². The molecule has 0 aromatic heterocycles. The summed E-state index contributed by atoms with van der Waals surface area (Å²) in [7, 11) is -0.185. The summed E-state index contributed by atoms with van der Waals surface area (Å²) in [5.41, 5.74) is 2.36. The fourth-order valence-corrected chi connectivity index (χ4v) is 3.54. The number of sulfonamides is 1. The zero-order valence-electron chi connectivity index (χ0n) is 17.3. The maximum absolute atomic E-state index is 13.5. The Morgan fingerprint density at radius 1 is 1.07 bits per heavy atom. The van der Waals surface area contributed by atoms with Crippen LogP contribution in [0.25, 0.3) is 0 Å². The molecule has 0 bridgehead atoms. The number of aliphatic imine (C=N–C) groups is 1. The van der Waals surface area contributed by atoms with Crippen molar-refractivity contribution < 1.29 is 12.8 Å². The lowest BCUT2D eigenvalue weighted by Gasteiger charge is -2.27. The van der Waals surface area contributed by atoms with Crippen LogP contribution in [-0.2, 0) is 27.7 Å². The zero-order chi connectivity index (χ0) is 21.5. The number of halogens is 1. The van der Waals surface area contributed by atoms with Gasteiger partial charge < -0.3 is 10.6 Å². The maximum atomic E-state index is 13.5. The van der Waals surface area contributed by atoms with Crippen LogP contribution in [0.2, 0.25) is 0 Å². The molecule has 0 saturated carbocycles. The minimum absolute atomic E-state index is 0.0460. The van der Waals surface area contributed by atoms with E-state index >= 15 is 0 Å². The fourth-order valence-electron chi connectivity index (χ4n) is 2.77. The van der Waals surface area contributed by atoms with E-state index in [4.69, 9.17) is 0 Å². The van der Waals surface area contributed by atoms with Crippen molar-refractivity contribution in [3.63, 3.8) is 0 Å². The molecule has 0 spiro atoms. The molecule has 0 unspecified atom stereocenters. The number of guanidine groups is 1. The highest BCUT2D eigenvalue weighted by Crippen LogP contribution is 2.22. The first kappa shape index (κ1) is 22.8. The van der Waals surface area contributed by atoms with Gasteiger partial charge in [0.15, 0.2) is 5.96 Å². The fraction of sp³-hybridized carbons (Fsp3) is 0.381. The molecule has 2 aromatic rings. The molecule has 0 aliphatic rings. The van der Waals surface area contributed by atoms with E-state index in [-0.39, 0.29) is 17.0 Å². The molecular weight excluding hydrogens is 391 g/mol. The van der Waals surface area contributed by atoms with Gasteiger partial charge in [-0.25, -0.2) is 17.5 Å². The molecule has 6 nitrogen and oxygen atoms in total. The van der Waals surface area contributed by atoms with Crippen molar-refractivity contribution in [2.75, 3.05) is 20.6 Å². The number of nitrogens with one attached hydrogen (secondary N) is 3. The molecule has 0 heterocycles. The van der Waals surface area contributed by atoms with E-state index in [2.05, 4.69) is 20.3 Å². The predicted octanol–water partition coefficient (Wildman–Crippen LogP) is 2.52. The van der Waals surface area contributed by atoms with Gasteiger partial charge in [0.1, 0.15) is 5.82 Å². The van der Waals surface area contributed by atoms with Crippen LogP contribution >= 0.6 is 0 Å². The van der Waals surface area contributed by atoms with Crippen molar-refractivity contribution in [3.05, 3.63) is 71.0 Å². The van der Waals surface area contributed by atoms with E-state index in [0.717, 1.165) is 16.7 Å². The first-order valence-corrected chi connectivity index (χ1v) is 11.0. The van der Waals surface area contributed by atoms with Crippen molar-refractivity contribution in [2.45, 2.75) is 31.6 Å². The average molecular weight is 421 g/mol. The second-order valence-corrected chi connectivity index (χ2v) is 9.38. The molecule has 0 amide bonds. The Bertz CT molecular complexity index is 941. The van der Waals surface area contributed by atoms with Crippen LogP contribution in [0, 0.1) is 5.82 Å². The SMILES string of the molecule is CN=C(NCc1ccc(CS(=O)(=O)NC)cc1)NCC(C)(C)c1cccc(F)c1. The van der Waals surface area contributed by atoms with Crippen LogP contribution in [-0.4, -0.2) is 35.0 Å². The lowest BCUT2D eigenvalue weighted by Crippen LogP contribution is -2.43. The predicted molar refractivity (Wildman–Crippen MR) is 116 cm³/mol. The number of nitrogens with zero attached hydrogens (tertiary/aromatic N) is 1. The summed E-state index contributed by atoms with van der Waals surface area (Å²) in [6.45, 7) is 5.20. The molecule has 3 N–H and O–H groups in total. The van der Waals surface area contributed by atoms with Gasteiger partial charge in [-0.15, -0.1) is 0 Å². The second-order valence-electron chi connectivity index (χ2n) is 7.45. The highest BCUT2D eigenvalue weighted by atomic mass is 32.2. The largest absolute Gasteiger partial charge is 0.356 e. The highest BCUT2D eigenvalue weighted by Gasteiger charge is 2.21. The quantitative estimate of drug-likeness (QED) is 0.453. The second kappa shape index (κ2) is 9.84. The zero-order valence-corrected chi connectivity index (χ0v) is 18.1. The van der Waals surface area contributed by atoms with Crippen molar-refractivity contribution in [3.8, 4) is 0 Å². The normalized spacial score (nSPS) is 12.7. The summed E-state index contributed by atoms with van der Waals surface area (Å²) in [6, 6.07) is 14.0. The molecule has 8 heteroatoms. The van der Waals surface area contributed by atoms with Gasteiger partial charge in [-0.3, -0.25) is 4.99 Å². The molecule has 29 heavy (non-hydrogen) atoms. The number of rotatable bonds is 8. The first-order valence-electron chi connectivity index (χ1n) is 9.35. The van der Waals surface area contributed by atoms with Gasteiger partial charge in [0.25, 0.3) is 0 Å². The van der Waals surface area contributed by atoms with E-state index in [9.17, 15) is 12.8 Å². The maximum Gasteiger partial charge on any atom is 0.215 e. The topological polar surface area (TPSA) is 82.6 Å². The molecule has 0 radical (unpaired) electrons. The Morgan fingerprint density at radius 3 is 2.31 bits per heavy atom. The Balaban J connectivity index is 1.90. The molecule has 0 atom stereocenters. The van der Waals surface area contributed by atoms with Gasteiger partial charge in [-0.05, 0) is 35.9 Å². The molecule has 0 fully saturated rings. The number of hydrogen-bond donors (Lipinski definition) is 3. The van der Waals surface area contributed by atoms with Crippen molar-refractivity contribution in [1.82, 2.24) is 15.4 Å². The summed E-state index contributed by atoms with van der Waals surface area (Å²) in [5, 5.41) is 6.51. The highest BCUT2D eigenvalue weighted by molar-refractivity contribution is 7.88. The van der Waals surface area contributed by atoms with Crippen LogP contribution in [0.3, 0.4) is 0 Å². The summed E-state index contributed by atoms with van der Waals surface area (Å²) < 4.78 is 39.1. The van der Waals surface area contributed by atoms with Gasteiger partial charge in [0.2, 0.25) is 10.0 Å². The summed E-state index contributed by atoms with van der Waals surface area (Å²) in [4.78, 5) is 4.23.